The summed E-state index contributed by atoms with van der Waals surface area (Å²) in [5, 5.41) is 11.0. The highest BCUT2D eigenvalue weighted by Crippen LogP contribution is 2.15. The Morgan fingerprint density at radius 1 is 0.560 bits per heavy atom. The van der Waals surface area contributed by atoms with Crippen LogP contribution in [0.1, 0.15) is 162 Å². The van der Waals surface area contributed by atoms with Crippen LogP contribution in [0.15, 0.2) is 85.1 Å². The SMILES string of the molecule is CC/C=C\C/C=C\C/C=C\C/C=C\C/C=C\C/C=C\CCC(=O)OC(/C=C\CCCCCCCC)CCCCCCCCC(=O)NCC(=O)O. The molecule has 1 unspecified atom stereocenters. The number of carbonyl (C=O) groups excluding carboxylic acids is 2. The van der Waals surface area contributed by atoms with Crippen LogP contribution in [0.4, 0.5) is 0 Å². The van der Waals surface area contributed by atoms with Crippen molar-refractivity contribution in [2.45, 2.75) is 168 Å². The smallest absolute Gasteiger partial charge is 0.322 e. The Labute approximate surface area is 306 Å². The van der Waals surface area contributed by atoms with E-state index in [4.69, 9.17) is 9.84 Å². The van der Waals surface area contributed by atoms with Crippen LogP contribution in [-0.2, 0) is 19.1 Å². The maximum atomic E-state index is 12.6. The molecule has 282 valence electrons. The second kappa shape index (κ2) is 38.4. The second-order valence-corrected chi connectivity index (χ2v) is 12.8. The summed E-state index contributed by atoms with van der Waals surface area (Å²) in [5.74, 6) is -1.37. The summed E-state index contributed by atoms with van der Waals surface area (Å²) in [4.78, 5) is 34.8. The molecule has 6 nitrogen and oxygen atoms in total. The molecule has 0 aromatic heterocycles. The molecule has 0 aliphatic heterocycles. The van der Waals surface area contributed by atoms with Gasteiger partial charge in [0.1, 0.15) is 12.6 Å². The highest BCUT2D eigenvalue weighted by atomic mass is 16.5. The molecule has 0 rings (SSSR count). The monoisotopic (exact) mass is 694 g/mol. The number of esters is 1. The maximum Gasteiger partial charge on any atom is 0.322 e. The molecule has 0 radical (unpaired) electrons. The molecule has 0 heterocycles. The fraction of sp³-hybridized carbons (Fsp3) is 0.614. The van der Waals surface area contributed by atoms with Gasteiger partial charge in [-0.2, -0.15) is 0 Å². The van der Waals surface area contributed by atoms with Crippen LogP contribution in [0.3, 0.4) is 0 Å². The fourth-order valence-corrected chi connectivity index (χ4v) is 5.15. The summed E-state index contributed by atoms with van der Waals surface area (Å²) in [6.45, 7) is 4.07. The van der Waals surface area contributed by atoms with Gasteiger partial charge in [-0.3, -0.25) is 14.4 Å². The van der Waals surface area contributed by atoms with Gasteiger partial charge in [-0.05, 0) is 83.1 Å². The number of unbranched alkanes of at least 4 members (excludes halogenated alkanes) is 11. The zero-order chi connectivity index (χ0) is 36.6. The average molecular weight is 694 g/mol. The van der Waals surface area contributed by atoms with Crippen molar-refractivity contribution < 1.29 is 24.2 Å². The number of hydrogen-bond acceptors (Lipinski definition) is 4. The summed E-state index contributed by atoms with van der Waals surface area (Å²) in [6, 6.07) is 0. The zero-order valence-electron chi connectivity index (χ0n) is 31.7. The molecule has 2 N–H and O–H groups in total. The van der Waals surface area contributed by atoms with E-state index in [1.54, 1.807) is 0 Å². The molecule has 0 aliphatic rings. The quantitative estimate of drug-likeness (QED) is 0.0397. The molecular formula is C44H71NO5. The van der Waals surface area contributed by atoms with Gasteiger partial charge in [0.25, 0.3) is 0 Å². The molecule has 0 aliphatic carbocycles. The lowest BCUT2D eigenvalue weighted by Crippen LogP contribution is -2.28. The van der Waals surface area contributed by atoms with Crippen LogP contribution in [0.5, 0.6) is 0 Å². The van der Waals surface area contributed by atoms with Gasteiger partial charge in [-0.15, -0.1) is 0 Å². The normalized spacial score (nSPS) is 13.0. The Morgan fingerprint density at radius 2 is 1.06 bits per heavy atom. The number of rotatable bonds is 34. The molecule has 0 aromatic rings. The van der Waals surface area contributed by atoms with E-state index in [0.717, 1.165) is 89.9 Å². The number of allylic oxidation sites excluding steroid dienone is 13. The van der Waals surface area contributed by atoms with Crippen molar-refractivity contribution in [3.63, 3.8) is 0 Å². The second-order valence-electron chi connectivity index (χ2n) is 12.8. The molecule has 0 saturated carbocycles. The van der Waals surface area contributed by atoms with Crippen LogP contribution >= 0.6 is 0 Å². The largest absolute Gasteiger partial charge is 0.480 e. The van der Waals surface area contributed by atoms with Crippen molar-refractivity contribution in [2.75, 3.05) is 6.54 Å². The van der Waals surface area contributed by atoms with Crippen molar-refractivity contribution in [2.24, 2.45) is 0 Å². The summed E-state index contributed by atoms with van der Waals surface area (Å²) in [6.07, 6.45) is 52.9. The Balaban J connectivity index is 4.29. The van der Waals surface area contributed by atoms with Gasteiger partial charge in [-0.25, -0.2) is 0 Å². The molecule has 1 amide bonds. The van der Waals surface area contributed by atoms with E-state index in [9.17, 15) is 14.4 Å². The van der Waals surface area contributed by atoms with Crippen molar-refractivity contribution in [3.05, 3.63) is 85.1 Å². The van der Waals surface area contributed by atoms with E-state index in [1.165, 1.54) is 38.5 Å². The first-order chi connectivity index (χ1) is 24.5. The molecule has 6 heteroatoms. The zero-order valence-corrected chi connectivity index (χ0v) is 31.7. The third kappa shape index (κ3) is 37.4. The van der Waals surface area contributed by atoms with Gasteiger partial charge < -0.3 is 15.2 Å². The van der Waals surface area contributed by atoms with Crippen LogP contribution in [-0.4, -0.2) is 35.6 Å². The van der Waals surface area contributed by atoms with Gasteiger partial charge in [0.15, 0.2) is 0 Å². The minimum Gasteiger partial charge on any atom is -0.480 e. The Morgan fingerprint density at radius 3 is 1.62 bits per heavy atom. The third-order valence-corrected chi connectivity index (χ3v) is 8.05. The number of amides is 1. The van der Waals surface area contributed by atoms with E-state index < -0.39 is 5.97 Å². The van der Waals surface area contributed by atoms with Gasteiger partial charge in [-0.1, -0.05) is 151 Å². The molecule has 0 aromatic carbocycles. The van der Waals surface area contributed by atoms with E-state index in [2.05, 4.69) is 104 Å². The van der Waals surface area contributed by atoms with Gasteiger partial charge in [0.2, 0.25) is 5.91 Å². The average Bonchev–Trinajstić information content (AvgIpc) is 3.10. The molecule has 0 fully saturated rings. The first-order valence-electron chi connectivity index (χ1n) is 19.7. The first kappa shape index (κ1) is 46.6. The number of carboxylic acids is 1. The number of hydrogen-bond donors (Lipinski definition) is 2. The lowest BCUT2D eigenvalue weighted by Gasteiger charge is -2.14. The first-order valence-corrected chi connectivity index (χ1v) is 19.7. The van der Waals surface area contributed by atoms with Crippen molar-refractivity contribution in [1.29, 1.82) is 0 Å². The van der Waals surface area contributed by atoms with Crippen molar-refractivity contribution >= 4 is 17.8 Å². The number of nitrogens with one attached hydrogen (secondary N) is 1. The number of carboxylic acid groups (broad SMARTS) is 1. The molecule has 1 atom stereocenters. The minimum absolute atomic E-state index is 0.139. The van der Waals surface area contributed by atoms with E-state index in [-0.39, 0.29) is 24.5 Å². The summed E-state index contributed by atoms with van der Waals surface area (Å²) >= 11 is 0. The number of aliphatic carboxylic acids is 1. The summed E-state index contributed by atoms with van der Waals surface area (Å²) < 4.78 is 5.88. The lowest BCUT2D eigenvalue weighted by molar-refractivity contribution is -0.147. The molecule has 0 bridgehead atoms. The number of carbonyl (C=O) groups is 3. The predicted octanol–water partition coefficient (Wildman–Crippen LogP) is 12.0. The maximum absolute atomic E-state index is 12.6. The standard InChI is InChI=1S/C44H71NO5/c1-3-5-7-9-11-13-14-15-16-17-18-19-20-21-22-23-25-31-35-39-44(49)50-41(36-32-28-24-12-10-8-6-4-2)37-33-29-26-27-30-34-38-42(46)45-40-43(47)48/h5,7,11,13,15-16,18-19,21-22,25,31-32,36,41H,3-4,6,8-10,12,14,17,20,23-24,26-30,33-35,37-40H2,1-2H3,(H,45,46)(H,47,48)/b7-5-,13-11-,16-15-,19-18-,22-21-,31-25-,36-32-. The Bertz CT molecular complexity index is 1030. The molecule has 0 saturated heterocycles. The summed E-state index contributed by atoms with van der Waals surface area (Å²) in [7, 11) is 0. The van der Waals surface area contributed by atoms with Crippen LogP contribution in [0.25, 0.3) is 0 Å². The molecule has 50 heavy (non-hydrogen) atoms. The van der Waals surface area contributed by atoms with Crippen LogP contribution < -0.4 is 5.32 Å². The predicted molar refractivity (Wildman–Crippen MR) is 212 cm³/mol. The fourth-order valence-electron chi connectivity index (χ4n) is 5.15. The lowest BCUT2D eigenvalue weighted by atomic mass is 10.0. The highest BCUT2D eigenvalue weighted by molar-refractivity contribution is 5.80. The van der Waals surface area contributed by atoms with Crippen LogP contribution in [0, 0.1) is 0 Å². The molecular weight excluding hydrogens is 622 g/mol. The third-order valence-electron chi connectivity index (χ3n) is 8.05. The van der Waals surface area contributed by atoms with Gasteiger partial charge in [0.05, 0.1) is 0 Å². The topological polar surface area (TPSA) is 92.7 Å². The van der Waals surface area contributed by atoms with Crippen molar-refractivity contribution in [3.8, 4) is 0 Å². The minimum atomic E-state index is -1.02. The summed E-state index contributed by atoms with van der Waals surface area (Å²) in [5.41, 5.74) is 0. The van der Waals surface area contributed by atoms with Gasteiger partial charge >= 0.3 is 11.9 Å². The number of ether oxygens (including phenoxy) is 1. The Hall–Kier alpha value is -3.41. The van der Waals surface area contributed by atoms with Crippen molar-refractivity contribution in [1.82, 2.24) is 5.32 Å². The van der Waals surface area contributed by atoms with E-state index >= 15 is 0 Å². The Kier molecular flexibility index (Phi) is 35.8. The van der Waals surface area contributed by atoms with E-state index in [1.807, 2.05) is 0 Å². The van der Waals surface area contributed by atoms with Gasteiger partial charge in [0, 0.05) is 12.8 Å². The highest BCUT2D eigenvalue weighted by Gasteiger charge is 2.11. The van der Waals surface area contributed by atoms with Crippen LogP contribution in [0.2, 0.25) is 0 Å². The molecule has 0 spiro atoms. The van der Waals surface area contributed by atoms with E-state index in [0.29, 0.717) is 19.3 Å².